The second-order valence-corrected chi connectivity index (χ2v) is 8.62. The van der Waals surface area contributed by atoms with E-state index in [9.17, 15) is 4.79 Å². The second kappa shape index (κ2) is 11.8. The Balaban J connectivity index is 0.00000128. The molecule has 32 heavy (non-hydrogen) atoms. The van der Waals surface area contributed by atoms with Gasteiger partial charge in [0.25, 0.3) is 0 Å². The Bertz CT molecular complexity index is 1060. The van der Waals surface area contributed by atoms with Crippen LogP contribution in [-0.2, 0) is 17.6 Å². The predicted molar refractivity (Wildman–Crippen MR) is 134 cm³/mol. The topological polar surface area (TPSA) is 143 Å². The Hall–Kier alpha value is -1.98. The molecule has 2 aromatic carbocycles. The minimum absolute atomic E-state index is 0. The molecule has 0 atom stereocenters. The quantitative estimate of drug-likeness (QED) is 0.579. The normalized spacial score (nSPS) is 15.0. The molecule has 11 heteroatoms. The van der Waals surface area contributed by atoms with Crippen LogP contribution in [0.2, 0.25) is 5.02 Å². The zero-order valence-corrected chi connectivity index (χ0v) is 19.7. The highest BCUT2D eigenvalue weighted by atomic mass is 35.5. The van der Waals surface area contributed by atoms with Crippen molar-refractivity contribution in [3.05, 3.63) is 52.5 Å². The number of rotatable bonds is 4. The lowest BCUT2D eigenvalue weighted by molar-refractivity contribution is -0.115. The van der Waals surface area contributed by atoms with Crippen LogP contribution in [-0.4, -0.2) is 64.3 Å². The summed E-state index contributed by atoms with van der Waals surface area (Å²) in [6.07, 6.45) is 1.36. The molecule has 1 aromatic heterocycles. The van der Waals surface area contributed by atoms with E-state index in [0.29, 0.717) is 6.42 Å². The molecule has 0 radical (unpaired) electrons. The third-order valence-corrected chi connectivity index (χ3v) is 6.79. The number of nitrogens with zero attached hydrogens (tertiary/aromatic N) is 3. The van der Waals surface area contributed by atoms with Crippen molar-refractivity contribution in [2.24, 2.45) is 0 Å². The van der Waals surface area contributed by atoms with Crippen LogP contribution >= 0.6 is 35.5 Å². The molecule has 3 heterocycles. The first-order valence-corrected chi connectivity index (χ1v) is 10.8. The molecule has 1 amide bonds. The Morgan fingerprint density at radius 3 is 2.53 bits per heavy atom. The number of carbonyl (C=O) groups excluding carboxylic acids is 1. The van der Waals surface area contributed by atoms with Gasteiger partial charge < -0.3 is 26.6 Å². The average Bonchev–Trinajstić information content (AvgIpc) is 3.29. The summed E-state index contributed by atoms with van der Waals surface area (Å²) in [5.41, 5.74) is 3.05. The highest BCUT2D eigenvalue weighted by Crippen LogP contribution is 2.31. The Morgan fingerprint density at radius 1 is 1.06 bits per heavy atom. The van der Waals surface area contributed by atoms with Gasteiger partial charge in [-0.05, 0) is 47.3 Å². The lowest BCUT2D eigenvalue weighted by Gasteiger charge is -2.35. The number of amides is 1. The van der Waals surface area contributed by atoms with Gasteiger partial charge in [-0.15, -0.1) is 12.4 Å². The molecule has 0 bridgehead atoms. The third-order valence-electron chi connectivity index (χ3n) is 5.62. The van der Waals surface area contributed by atoms with Crippen LogP contribution in [0.25, 0.3) is 10.1 Å². The van der Waals surface area contributed by atoms with Gasteiger partial charge in [0.05, 0.1) is 11.1 Å². The number of nitrogens with one attached hydrogen (secondary N) is 1. The summed E-state index contributed by atoms with van der Waals surface area (Å²) in [7, 11) is 0. The summed E-state index contributed by atoms with van der Waals surface area (Å²) in [5, 5.41) is 4.86. The van der Waals surface area contributed by atoms with Crippen molar-refractivity contribution < 1.29 is 21.2 Å². The molecule has 0 aliphatic carbocycles. The first-order chi connectivity index (χ1) is 13.7. The Morgan fingerprint density at radius 2 is 1.78 bits per heavy atom. The van der Waals surface area contributed by atoms with Crippen LogP contribution in [0.4, 0.5) is 11.5 Å². The Labute approximate surface area is 201 Å². The maximum absolute atomic E-state index is 11.6. The molecule has 7 N–H and O–H groups in total. The maximum Gasteiger partial charge on any atom is 0.228 e. The lowest BCUT2D eigenvalue weighted by Crippen LogP contribution is -2.47. The van der Waals surface area contributed by atoms with Gasteiger partial charge in [-0.3, -0.25) is 9.69 Å². The van der Waals surface area contributed by atoms with Crippen molar-refractivity contribution in [2.45, 2.75) is 12.8 Å². The summed E-state index contributed by atoms with van der Waals surface area (Å²) in [5.74, 6) is 1.17. The van der Waals surface area contributed by atoms with Crippen LogP contribution in [0.1, 0.15) is 11.1 Å². The van der Waals surface area contributed by atoms with Crippen molar-refractivity contribution in [3.63, 3.8) is 0 Å². The van der Waals surface area contributed by atoms with Crippen molar-refractivity contribution in [2.75, 3.05) is 42.9 Å². The fraction of sp³-hybridized carbons (Fsp3) is 0.333. The van der Waals surface area contributed by atoms with Crippen LogP contribution in [0.5, 0.6) is 0 Å². The van der Waals surface area contributed by atoms with Gasteiger partial charge in [-0.1, -0.05) is 29.8 Å². The average molecular weight is 503 g/mol. The molecule has 1 saturated heterocycles. The molecule has 0 unspecified atom stereocenters. The molecule has 2 aliphatic heterocycles. The molecule has 1 fully saturated rings. The molecule has 176 valence electrons. The fourth-order valence-electron chi connectivity index (χ4n) is 4.05. The molecule has 0 saturated carbocycles. The monoisotopic (exact) mass is 502 g/mol. The van der Waals surface area contributed by atoms with E-state index in [1.54, 1.807) is 11.5 Å². The summed E-state index contributed by atoms with van der Waals surface area (Å²) in [6, 6.07) is 12.4. The van der Waals surface area contributed by atoms with E-state index in [1.807, 2.05) is 6.07 Å². The number of piperazine rings is 1. The first-order valence-electron chi connectivity index (χ1n) is 9.60. The number of benzene rings is 2. The number of aromatic nitrogens is 1. The van der Waals surface area contributed by atoms with Gasteiger partial charge in [0, 0.05) is 48.8 Å². The van der Waals surface area contributed by atoms with Crippen molar-refractivity contribution in [1.82, 2.24) is 9.27 Å². The standard InChI is InChI=1S/C21H21ClN4OS.ClH.3H2O/c22-17-13-18-15(12-20(27)23-18)11-14(17)5-6-25-7-9-26(10-8-25)21-16-3-1-2-4-19(16)28-24-21;;;;/h1-4,11,13H,5-10,12H2,(H,23,27);1H;3*1H2. The molecule has 2 aliphatic rings. The van der Waals surface area contributed by atoms with E-state index in [0.717, 1.165) is 66.8 Å². The van der Waals surface area contributed by atoms with Gasteiger partial charge in [0.2, 0.25) is 5.91 Å². The SMILES string of the molecule is Cl.O.O.O.O=C1Cc2cc(CCN3CCN(c4nsc5ccccc45)CC3)c(Cl)cc2N1. The number of halogens is 2. The van der Waals surface area contributed by atoms with Crippen molar-refractivity contribution in [1.29, 1.82) is 0 Å². The van der Waals surface area contributed by atoms with Crippen LogP contribution in [0.15, 0.2) is 36.4 Å². The highest BCUT2D eigenvalue weighted by molar-refractivity contribution is 7.13. The van der Waals surface area contributed by atoms with Crippen molar-refractivity contribution in [3.8, 4) is 0 Å². The van der Waals surface area contributed by atoms with E-state index >= 15 is 0 Å². The van der Waals surface area contributed by atoms with E-state index < -0.39 is 0 Å². The lowest BCUT2D eigenvalue weighted by atomic mass is 10.1. The zero-order valence-electron chi connectivity index (χ0n) is 17.4. The van der Waals surface area contributed by atoms with Gasteiger partial charge >= 0.3 is 0 Å². The van der Waals surface area contributed by atoms with Gasteiger partial charge in [0.1, 0.15) is 5.82 Å². The zero-order chi connectivity index (χ0) is 19.1. The minimum atomic E-state index is 0. The number of fused-ring (bicyclic) bond motifs is 2. The van der Waals surface area contributed by atoms with Gasteiger partial charge in [0.15, 0.2) is 0 Å². The largest absolute Gasteiger partial charge is 0.412 e. The molecule has 5 rings (SSSR count). The van der Waals surface area contributed by atoms with Crippen molar-refractivity contribution >= 4 is 63.0 Å². The molecular weight excluding hydrogens is 475 g/mol. The summed E-state index contributed by atoms with van der Waals surface area (Å²) in [4.78, 5) is 16.4. The Kier molecular flexibility index (Phi) is 10.3. The van der Waals surface area contributed by atoms with E-state index in [1.165, 1.54) is 10.1 Å². The van der Waals surface area contributed by atoms with Crippen LogP contribution in [0, 0.1) is 0 Å². The number of anilines is 2. The molecule has 8 nitrogen and oxygen atoms in total. The van der Waals surface area contributed by atoms with E-state index in [4.69, 9.17) is 11.6 Å². The molecule has 3 aromatic rings. The van der Waals surface area contributed by atoms with Crippen LogP contribution in [0.3, 0.4) is 0 Å². The number of hydrogen-bond donors (Lipinski definition) is 1. The van der Waals surface area contributed by atoms with Crippen LogP contribution < -0.4 is 10.2 Å². The number of hydrogen-bond acceptors (Lipinski definition) is 5. The second-order valence-electron chi connectivity index (χ2n) is 7.41. The predicted octanol–water partition coefficient (Wildman–Crippen LogP) is 1.76. The maximum atomic E-state index is 11.6. The summed E-state index contributed by atoms with van der Waals surface area (Å²) >= 11 is 8.01. The summed E-state index contributed by atoms with van der Waals surface area (Å²) < 4.78 is 5.94. The minimum Gasteiger partial charge on any atom is -0.412 e. The summed E-state index contributed by atoms with van der Waals surface area (Å²) in [6.45, 7) is 5.00. The smallest absolute Gasteiger partial charge is 0.228 e. The molecule has 0 spiro atoms. The van der Waals surface area contributed by atoms with Gasteiger partial charge in [-0.2, -0.15) is 4.37 Å². The third kappa shape index (κ3) is 5.49. The van der Waals surface area contributed by atoms with Gasteiger partial charge in [-0.25, -0.2) is 0 Å². The highest BCUT2D eigenvalue weighted by Gasteiger charge is 2.22. The first kappa shape index (κ1) is 28.1. The van der Waals surface area contributed by atoms with E-state index in [2.05, 4.69) is 49.8 Å². The number of carbonyl (C=O) groups is 1. The molecular formula is C21H28Cl2N4O4S. The fourth-order valence-corrected chi connectivity index (χ4v) is 5.11. The van der Waals surface area contributed by atoms with E-state index in [-0.39, 0.29) is 34.7 Å².